The van der Waals surface area contributed by atoms with Gasteiger partial charge in [0.25, 0.3) is 5.91 Å². The van der Waals surface area contributed by atoms with Crippen LogP contribution in [0.15, 0.2) is 24.3 Å². The normalized spacial score (nSPS) is 10.2. The first-order valence-corrected chi connectivity index (χ1v) is 8.29. The Balaban J connectivity index is 2.10. The van der Waals surface area contributed by atoms with Crippen LogP contribution in [0.4, 0.5) is 4.79 Å². The molecule has 0 aliphatic heterocycles. The third-order valence-electron chi connectivity index (χ3n) is 3.10. The molecule has 138 valence electrons. The van der Waals surface area contributed by atoms with Crippen molar-refractivity contribution >= 4 is 17.9 Å². The number of imide groups is 1. The summed E-state index contributed by atoms with van der Waals surface area (Å²) >= 11 is 0. The fourth-order valence-electron chi connectivity index (χ4n) is 1.76. The molecule has 0 bridgehead atoms. The molecule has 0 aliphatic rings. The highest BCUT2D eigenvalue weighted by Gasteiger charge is 2.11. The van der Waals surface area contributed by atoms with Crippen molar-refractivity contribution in [1.29, 1.82) is 0 Å². The summed E-state index contributed by atoms with van der Waals surface area (Å²) in [6.07, 6.45) is 0.613. The first kappa shape index (κ1) is 20.5. The molecule has 7 nitrogen and oxygen atoms in total. The summed E-state index contributed by atoms with van der Waals surface area (Å²) < 4.78 is 10.3. The van der Waals surface area contributed by atoms with Crippen molar-refractivity contribution in [2.45, 2.75) is 33.6 Å². The number of carbonyl (C=O) groups is 3. The summed E-state index contributed by atoms with van der Waals surface area (Å²) in [5, 5.41) is 4.63. The van der Waals surface area contributed by atoms with Crippen LogP contribution in [0.1, 0.15) is 32.3 Å². The van der Waals surface area contributed by atoms with Gasteiger partial charge in [0.15, 0.2) is 6.61 Å². The Morgan fingerprint density at radius 2 is 1.80 bits per heavy atom. The summed E-state index contributed by atoms with van der Waals surface area (Å²) in [6, 6.07) is 7.02. The molecule has 2 N–H and O–H groups in total. The second kappa shape index (κ2) is 11.1. The molecule has 3 amide bonds. The molecule has 0 atom stereocenters. The number of esters is 1. The molecule has 7 heteroatoms. The highest BCUT2D eigenvalue weighted by molar-refractivity contribution is 5.95. The van der Waals surface area contributed by atoms with Crippen LogP contribution < -0.4 is 15.4 Å². The molecule has 0 radical (unpaired) electrons. The predicted octanol–water partition coefficient (Wildman–Crippen LogP) is 2.18. The fraction of sp³-hybridized carbons (Fsp3) is 0.500. The van der Waals surface area contributed by atoms with Crippen molar-refractivity contribution in [3.63, 3.8) is 0 Å². The molecular formula is C18H26N2O5. The van der Waals surface area contributed by atoms with Gasteiger partial charge in [0.05, 0.1) is 6.61 Å². The molecule has 1 aromatic rings. The van der Waals surface area contributed by atoms with Gasteiger partial charge in [-0.2, -0.15) is 0 Å². The second-order valence-electron chi connectivity index (χ2n) is 6.08. The Hall–Kier alpha value is -2.57. The number of nitrogens with one attached hydrogen (secondary N) is 2. The van der Waals surface area contributed by atoms with Crippen LogP contribution in [0.25, 0.3) is 0 Å². The minimum absolute atomic E-state index is 0.138. The van der Waals surface area contributed by atoms with Crippen LogP contribution >= 0.6 is 0 Å². The van der Waals surface area contributed by atoms with Gasteiger partial charge in [0.1, 0.15) is 5.75 Å². The number of amides is 3. The van der Waals surface area contributed by atoms with E-state index in [1.54, 1.807) is 0 Å². The molecule has 0 heterocycles. The Morgan fingerprint density at radius 3 is 2.44 bits per heavy atom. The van der Waals surface area contributed by atoms with Gasteiger partial charge in [0.2, 0.25) is 0 Å². The largest absolute Gasteiger partial charge is 0.494 e. The van der Waals surface area contributed by atoms with Crippen LogP contribution in [-0.2, 0) is 14.3 Å². The summed E-state index contributed by atoms with van der Waals surface area (Å²) in [5.74, 6) is -0.151. The number of hydrogen-bond donors (Lipinski definition) is 2. The van der Waals surface area contributed by atoms with E-state index in [1.807, 2.05) is 45.0 Å². The minimum Gasteiger partial charge on any atom is -0.494 e. The fourth-order valence-corrected chi connectivity index (χ4v) is 1.76. The Kier molecular flexibility index (Phi) is 9.06. The zero-order valence-electron chi connectivity index (χ0n) is 15.0. The van der Waals surface area contributed by atoms with Gasteiger partial charge >= 0.3 is 12.0 Å². The van der Waals surface area contributed by atoms with Crippen LogP contribution in [0, 0.1) is 12.8 Å². The minimum atomic E-state index is -0.662. The number of ether oxygens (including phenoxy) is 2. The third-order valence-corrected chi connectivity index (χ3v) is 3.10. The molecule has 0 spiro atoms. The molecule has 1 rings (SSSR count). The lowest BCUT2D eigenvalue weighted by Gasteiger charge is -2.09. The predicted molar refractivity (Wildman–Crippen MR) is 93.2 cm³/mol. The van der Waals surface area contributed by atoms with Crippen molar-refractivity contribution < 1.29 is 23.9 Å². The van der Waals surface area contributed by atoms with E-state index in [4.69, 9.17) is 9.47 Å². The van der Waals surface area contributed by atoms with E-state index in [9.17, 15) is 14.4 Å². The summed E-state index contributed by atoms with van der Waals surface area (Å²) in [7, 11) is 0. The van der Waals surface area contributed by atoms with E-state index in [-0.39, 0.29) is 12.3 Å². The Labute approximate surface area is 148 Å². The van der Waals surface area contributed by atoms with Gasteiger partial charge in [-0.05, 0) is 31.4 Å². The average Bonchev–Trinajstić information content (AvgIpc) is 2.56. The zero-order chi connectivity index (χ0) is 18.7. The Morgan fingerprint density at radius 1 is 1.12 bits per heavy atom. The molecule has 0 aliphatic carbocycles. The number of benzene rings is 1. The van der Waals surface area contributed by atoms with Crippen molar-refractivity contribution in [3.05, 3.63) is 29.8 Å². The maximum atomic E-state index is 11.5. The average molecular weight is 350 g/mol. The first-order valence-electron chi connectivity index (χ1n) is 8.29. The summed E-state index contributed by atoms with van der Waals surface area (Å²) in [6.45, 7) is 6.22. The topological polar surface area (TPSA) is 93.7 Å². The van der Waals surface area contributed by atoms with Crippen LogP contribution in [0.2, 0.25) is 0 Å². The van der Waals surface area contributed by atoms with Gasteiger partial charge < -0.3 is 14.8 Å². The van der Waals surface area contributed by atoms with E-state index in [2.05, 4.69) is 10.6 Å². The Bertz CT molecular complexity index is 569. The number of hydrogen-bond acceptors (Lipinski definition) is 5. The highest BCUT2D eigenvalue weighted by atomic mass is 16.5. The highest BCUT2D eigenvalue weighted by Crippen LogP contribution is 2.11. The summed E-state index contributed by atoms with van der Waals surface area (Å²) in [4.78, 5) is 34.4. The molecule has 0 saturated carbocycles. The van der Waals surface area contributed by atoms with E-state index in [0.29, 0.717) is 19.6 Å². The first-order chi connectivity index (χ1) is 11.9. The molecule has 0 saturated heterocycles. The second-order valence-corrected chi connectivity index (χ2v) is 6.08. The van der Waals surface area contributed by atoms with E-state index >= 15 is 0 Å². The molecular weight excluding hydrogens is 324 g/mol. The number of aryl methyl sites for hydroxylation is 1. The monoisotopic (exact) mass is 350 g/mol. The maximum Gasteiger partial charge on any atom is 0.321 e. The van der Waals surface area contributed by atoms with Gasteiger partial charge in [0, 0.05) is 13.0 Å². The smallest absolute Gasteiger partial charge is 0.321 e. The van der Waals surface area contributed by atoms with E-state index in [0.717, 1.165) is 11.3 Å². The number of urea groups is 1. The lowest BCUT2D eigenvalue weighted by atomic mass is 10.2. The van der Waals surface area contributed by atoms with Crippen LogP contribution in [0.5, 0.6) is 5.75 Å². The molecule has 0 fully saturated rings. The van der Waals surface area contributed by atoms with E-state index < -0.39 is 24.5 Å². The maximum absolute atomic E-state index is 11.5. The van der Waals surface area contributed by atoms with Gasteiger partial charge in [-0.15, -0.1) is 0 Å². The third kappa shape index (κ3) is 10.0. The lowest BCUT2D eigenvalue weighted by molar-refractivity contribution is -0.148. The van der Waals surface area contributed by atoms with Gasteiger partial charge in [-0.3, -0.25) is 14.9 Å². The standard InChI is InChI=1S/C18H26N2O5/c1-13(2)11-19-18(23)20-16(21)12-25-17(22)5-4-10-24-15-8-6-14(3)7-9-15/h6-9,13H,4-5,10-12H2,1-3H3,(H2,19,20,21,23). The molecule has 1 aromatic carbocycles. The zero-order valence-corrected chi connectivity index (χ0v) is 15.0. The number of rotatable bonds is 9. The molecule has 25 heavy (non-hydrogen) atoms. The van der Waals surface area contributed by atoms with Crippen LogP contribution in [0.3, 0.4) is 0 Å². The molecule has 0 unspecified atom stereocenters. The lowest BCUT2D eigenvalue weighted by Crippen LogP contribution is -2.42. The van der Waals surface area contributed by atoms with Crippen molar-refractivity contribution in [2.75, 3.05) is 19.8 Å². The quantitative estimate of drug-likeness (QED) is 0.526. The van der Waals surface area contributed by atoms with Crippen molar-refractivity contribution in [3.8, 4) is 5.75 Å². The summed E-state index contributed by atoms with van der Waals surface area (Å²) in [5.41, 5.74) is 1.15. The van der Waals surface area contributed by atoms with Crippen molar-refractivity contribution in [2.24, 2.45) is 5.92 Å². The van der Waals surface area contributed by atoms with Gasteiger partial charge in [-0.25, -0.2) is 4.79 Å². The van der Waals surface area contributed by atoms with E-state index in [1.165, 1.54) is 0 Å². The van der Waals surface area contributed by atoms with Crippen molar-refractivity contribution in [1.82, 2.24) is 10.6 Å². The SMILES string of the molecule is Cc1ccc(OCCCC(=O)OCC(=O)NC(=O)NCC(C)C)cc1. The van der Waals surface area contributed by atoms with Gasteiger partial charge in [-0.1, -0.05) is 31.5 Å². The van der Waals surface area contributed by atoms with Crippen LogP contribution in [-0.4, -0.2) is 37.7 Å². The number of carbonyl (C=O) groups excluding carboxylic acids is 3. The molecule has 0 aromatic heterocycles.